The van der Waals surface area contributed by atoms with Gasteiger partial charge in [0, 0.05) is 0 Å². The second-order valence-electron chi connectivity index (χ2n) is 5.90. The Balaban J connectivity index is 1.54. The third-order valence-corrected chi connectivity index (χ3v) is 4.40. The molecule has 0 unspecified atom stereocenters. The van der Waals surface area contributed by atoms with Crippen molar-refractivity contribution < 1.29 is 28.0 Å². The van der Waals surface area contributed by atoms with Gasteiger partial charge in [0.05, 0.1) is 17.0 Å². The summed E-state index contributed by atoms with van der Waals surface area (Å²) in [6, 6.07) is 13.8. The minimum Gasteiger partial charge on any atom is -0.329 e. The molecule has 4 rings (SSSR count). The molecule has 0 aromatic heterocycles. The van der Waals surface area contributed by atoms with Crippen molar-refractivity contribution in [3.63, 3.8) is 0 Å². The number of imide groups is 1. The van der Waals surface area contributed by atoms with Gasteiger partial charge in [0.1, 0.15) is 5.92 Å². The highest BCUT2D eigenvalue weighted by Gasteiger charge is 2.74. The number of alkyl halides is 2. The van der Waals surface area contributed by atoms with E-state index in [-0.39, 0.29) is 16.2 Å². The van der Waals surface area contributed by atoms with Crippen molar-refractivity contribution in [1.29, 1.82) is 0 Å². The molecule has 0 N–H and O–H groups in total. The highest BCUT2D eigenvalue weighted by molar-refractivity contribution is 6.20. The van der Waals surface area contributed by atoms with Gasteiger partial charge in [0.2, 0.25) is 0 Å². The van der Waals surface area contributed by atoms with Crippen LogP contribution in [0.4, 0.5) is 8.78 Å². The maximum Gasteiger partial charge on any atom is 0.343 e. The Morgan fingerprint density at radius 2 is 1.44 bits per heavy atom. The van der Waals surface area contributed by atoms with Crippen molar-refractivity contribution in [1.82, 2.24) is 5.06 Å². The SMILES string of the molecule is O=C(ON1C(=O)c2ccccc2C1=O)[C@H]1[C@H](c2ccccc2)C1(F)F. The largest absolute Gasteiger partial charge is 0.343 e. The topological polar surface area (TPSA) is 63.7 Å². The summed E-state index contributed by atoms with van der Waals surface area (Å²) in [6.07, 6.45) is 0. The van der Waals surface area contributed by atoms with Crippen LogP contribution in [0.15, 0.2) is 54.6 Å². The maximum absolute atomic E-state index is 14.0. The number of benzene rings is 2. The van der Waals surface area contributed by atoms with Gasteiger partial charge < -0.3 is 4.84 Å². The standard InChI is InChI=1S/C18H11F2NO4/c19-18(20)13(10-6-2-1-3-7-10)14(18)17(24)25-21-15(22)11-8-4-5-9-12(11)16(21)23/h1-9,13-14H/t13-,14+/m0/s1. The Hall–Kier alpha value is -3.09. The van der Waals surface area contributed by atoms with Crippen LogP contribution in [0.1, 0.15) is 32.2 Å². The first-order valence-electron chi connectivity index (χ1n) is 7.55. The lowest BCUT2D eigenvalue weighted by atomic mass is 10.1. The number of rotatable bonds is 3. The molecule has 2 aromatic rings. The van der Waals surface area contributed by atoms with E-state index in [2.05, 4.69) is 0 Å². The molecular weight excluding hydrogens is 332 g/mol. The van der Waals surface area contributed by atoms with Crippen molar-refractivity contribution in [3.8, 4) is 0 Å². The number of carbonyl (C=O) groups excluding carboxylic acids is 3. The molecule has 2 aromatic carbocycles. The van der Waals surface area contributed by atoms with Crippen molar-refractivity contribution in [2.75, 3.05) is 0 Å². The van der Waals surface area contributed by atoms with E-state index in [4.69, 9.17) is 4.84 Å². The van der Waals surface area contributed by atoms with Gasteiger partial charge in [-0.1, -0.05) is 47.5 Å². The molecule has 126 valence electrons. The first-order chi connectivity index (χ1) is 11.9. The average Bonchev–Trinajstić information content (AvgIpc) is 3.13. The maximum atomic E-state index is 14.0. The van der Waals surface area contributed by atoms with E-state index in [1.54, 1.807) is 30.3 Å². The Bertz CT molecular complexity index is 862. The molecule has 2 amide bonds. The van der Waals surface area contributed by atoms with E-state index >= 15 is 0 Å². The van der Waals surface area contributed by atoms with Gasteiger partial charge in [-0.05, 0) is 17.7 Å². The quantitative estimate of drug-likeness (QED) is 0.804. The van der Waals surface area contributed by atoms with Gasteiger partial charge in [0.15, 0.2) is 0 Å². The predicted octanol–water partition coefficient (Wildman–Crippen LogP) is 2.79. The number of amides is 2. The van der Waals surface area contributed by atoms with Gasteiger partial charge in [-0.15, -0.1) is 0 Å². The fourth-order valence-electron chi connectivity index (χ4n) is 3.09. The molecule has 25 heavy (non-hydrogen) atoms. The molecule has 0 spiro atoms. The van der Waals surface area contributed by atoms with Crippen LogP contribution < -0.4 is 0 Å². The van der Waals surface area contributed by atoms with Gasteiger partial charge >= 0.3 is 5.97 Å². The van der Waals surface area contributed by atoms with E-state index in [0.717, 1.165) is 0 Å². The zero-order valence-corrected chi connectivity index (χ0v) is 12.7. The molecule has 5 nitrogen and oxygen atoms in total. The molecule has 1 aliphatic heterocycles. The molecule has 1 heterocycles. The lowest BCUT2D eigenvalue weighted by Gasteiger charge is -2.12. The van der Waals surface area contributed by atoms with Crippen molar-refractivity contribution in [3.05, 3.63) is 71.3 Å². The van der Waals surface area contributed by atoms with Crippen LogP contribution in [0, 0.1) is 5.92 Å². The van der Waals surface area contributed by atoms with E-state index in [9.17, 15) is 23.2 Å². The minimum absolute atomic E-state index is 0.0717. The number of hydroxylamine groups is 2. The summed E-state index contributed by atoms with van der Waals surface area (Å²) in [5.74, 6) is -9.30. The van der Waals surface area contributed by atoms with E-state index in [0.29, 0.717) is 5.56 Å². The Labute approximate surface area is 140 Å². The molecule has 1 aliphatic carbocycles. The van der Waals surface area contributed by atoms with E-state index in [1.165, 1.54) is 24.3 Å². The molecule has 1 fully saturated rings. The molecule has 0 saturated heterocycles. The monoisotopic (exact) mass is 343 g/mol. The fourth-order valence-corrected chi connectivity index (χ4v) is 3.09. The van der Waals surface area contributed by atoms with Crippen LogP contribution in [-0.2, 0) is 9.63 Å². The van der Waals surface area contributed by atoms with E-state index < -0.39 is 35.5 Å². The van der Waals surface area contributed by atoms with Crippen LogP contribution in [0.2, 0.25) is 0 Å². The second kappa shape index (κ2) is 5.20. The molecular formula is C18H11F2NO4. The lowest BCUT2D eigenvalue weighted by molar-refractivity contribution is -0.172. The highest BCUT2D eigenvalue weighted by Crippen LogP contribution is 2.62. The molecule has 0 bridgehead atoms. The molecule has 1 saturated carbocycles. The molecule has 7 heteroatoms. The van der Waals surface area contributed by atoms with Crippen LogP contribution in [-0.4, -0.2) is 28.8 Å². The number of hydrogen-bond donors (Lipinski definition) is 0. The van der Waals surface area contributed by atoms with Gasteiger partial charge in [0.25, 0.3) is 17.7 Å². The smallest absolute Gasteiger partial charge is 0.329 e. The third kappa shape index (κ3) is 2.23. The predicted molar refractivity (Wildman–Crippen MR) is 80.7 cm³/mol. The van der Waals surface area contributed by atoms with Crippen molar-refractivity contribution >= 4 is 17.8 Å². The number of nitrogens with zero attached hydrogens (tertiary/aromatic N) is 1. The molecule has 2 atom stereocenters. The number of carbonyl (C=O) groups is 3. The highest BCUT2D eigenvalue weighted by atomic mass is 19.3. The van der Waals surface area contributed by atoms with Gasteiger partial charge in [-0.3, -0.25) is 9.59 Å². The van der Waals surface area contributed by atoms with Crippen LogP contribution in [0.25, 0.3) is 0 Å². The second-order valence-corrected chi connectivity index (χ2v) is 5.90. The summed E-state index contributed by atoms with van der Waals surface area (Å²) in [5.41, 5.74) is 0.446. The third-order valence-electron chi connectivity index (χ3n) is 4.40. The summed E-state index contributed by atoms with van der Waals surface area (Å²) in [5, 5.41) is 0.253. The number of fused-ring (bicyclic) bond motifs is 1. The summed E-state index contributed by atoms with van der Waals surface area (Å²) in [7, 11) is 0. The molecule has 0 radical (unpaired) electrons. The van der Waals surface area contributed by atoms with Crippen molar-refractivity contribution in [2.45, 2.75) is 11.8 Å². The number of hydrogen-bond acceptors (Lipinski definition) is 4. The summed E-state index contributed by atoms with van der Waals surface area (Å²) < 4.78 is 28.1. The van der Waals surface area contributed by atoms with Crippen LogP contribution in [0.3, 0.4) is 0 Å². The Morgan fingerprint density at radius 3 is 2.00 bits per heavy atom. The first-order valence-corrected chi connectivity index (χ1v) is 7.55. The van der Waals surface area contributed by atoms with Crippen LogP contribution in [0.5, 0.6) is 0 Å². The molecule has 2 aliphatic rings. The van der Waals surface area contributed by atoms with Gasteiger partial charge in [-0.25, -0.2) is 13.6 Å². The lowest BCUT2D eigenvalue weighted by Crippen LogP contribution is -2.34. The first kappa shape index (κ1) is 15.4. The summed E-state index contributed by atoms with van der Waals surface area (Å²) in [4.78, 5) is 41.2. The van der Waals surface area contributed by atoms with E-state index in [1.807, 2.05) is 0 Å². The Kier molecular flexibility index (Phi) is 3.21. The Morgan fingerprint density at radius 1 is 0.920 bits per heavy atom. The van der Waals surface area contributed by atoms with Crippen molar-refractivity contribution in [2.24, 2.45) is 5.92 Å². The summed E-state index contributed by atoms with van der Waals surface area (Å²) in [6.45, 7) is 0. The number of halogens is 2. The fraction of sp³-hybridized carbons (Fsp3) is 0.167. The minimum atomic E-state index is -3.28. The normalized spacial score (nSPS) is 23.4. The van der Waals surface area contributed by atoms with Gasteiger partial charge in [-0.2, -0.15) is 0 Å². The zero-order valence-electron chi connectivity index (χ0n) is 12.7. The average molecular weight is 343 g/mol. The zero-order chi connectivity index (χ0) is 17.8. The summed E-state index contributed by atoms with van der Waals surface area (Å²) >= 11 is 0. The van der Waals surface area contributed by atoms with Crippen LogP contribution >= 0.6 is 0 Å².